The van der Waals surface area contributed by atoms with Gasteiger partial charge in [-0.05, 0) is 6.92 Å². The highest BCUT2D eigenvalue weighted by Gasteiger charge is 2.34. The lowest BCUT2D eigenvalue weighted by Crippen LogP contribution is -2.49. The first-order chi connectivity index (χ1) is 8.37. The van der Waals surface area contributed by atoms with Gasteiger partial charge >= 0.3 is 5.97 Å². The molecule has 100 valence electrons. The molecule has 0 amide bonds. The average Bonchev–Trinajstić information content (AvgIpc) is 2.62. The largest absolute Gasteiger partial charge is 0.481 e. The normalized spacial score (nSPS) is 22.9. The standard InChI is InChI=1S/C9H13N3O4S2/c1-6-10-11-9(17-6)12-2-3-18(15,16)5-7(12)4-8(13)14/h7H,2-5H2,1H3,(H,13,14). The Morgan fingerprint density at radius 3 is 2.83 bits per heavy atom. The number of hydrogen-bond acceptors (Lipinski definition) is 7. The van der Waals surface area contributed by atoms with E-state index in [4.69, 9.17) is 5.11 Å². The Morgan fingerprint density at radius 1 is 1.56 bits per heavy atom. The van der Waals surface area contributed by atoms with Crippen LogP contribution in [0.1, 0.15) is 11.4 Å². The van der Waals surface area contributed by atoms with Crippen LogP contribution < -0.4 is 4.90 Å². The molecule has 2 rings (SSSR count). The lowest BCUT2D eigenvalue weighted by atomic mass is 10.2. The first-order valence-corrected chi connectivity index (χ1v) is 8.00. The summed E-state index contributed by atoms with van der Waals surface area (Å²) in [4.78, 5) is 12.5. The van der Waals surface area contributed by atoms with Crippen molar-refractivity contribution >= 4 is 32.3 Å². The molecule has 1 aliphatic heterocycles. The van der Waals surface area contributed by atoms with Gasteiger partial charge in [-0.1, -0.05) is 11.3 Å². The number of hydrogen-bond donors (Lipinski definition) is 1. The van der Waals surface area contributed by atoms with Crippen LogP contribution in [-0.2, 0) is 14.6 Å². The molecule has 1 aromatic rings. The van der Waals surface area contributed by atoms with Crippen LogP contribution in [0.3, 0.4) is 0 Å². The number of aliphatic carboxylic acids is 1. The molecule has 9 heteroatoms. The number of carboxylic acid groups (broad SMARTS) is 1. The van der Waals surface area contributed by atoms with Gasteiger partial charge < -0.3 is 10.0 Å². The molecule has 0 saturated carbocycles. The zero-order valence-corrected chi connectivity index (χ0v) is 11.4. The predicted octanol–water partition coefficient (Wildman–Crippen LogP) is -0.0754. The molecule has 18 heavy (non-hydrogen) atoms. The number of anilines is 1. The van der Waals surface area contributed by atoms with Crippen molar-refractivity contribution < 1.29 is 18.3 Å². The summed E-state index contributed by atoms with van der Waals surface area (Å²) in [7, 11) is -3.16. The minimum atomic E-state index is -3.16. The summed E-state index contributed by atoms with van der Waals surface area (Å²) in [5, 5.41) is 18.0. The van der Waals surface area contributed by atoms with Crippen LogP contribution in [0.15, 0.2) is 0 Å². The van der Waals surface area contributed by atoms with Gasteiger partial charge in [0.25, 0.3) is 0 Å². The summed E-state index contributed by atoms with van der Waals surface area (Å²) in [6.45, 7) is 2.07. The molecule has 1 unspecified atom stereocenters. The molecule has 0 bridgehead atoms. The minimum Gasteiger partial charge on any atom is -0.481 e. The Bertz CT molecular complexity index is 554. The molecule has 0 radical (unpaired) electrons. The second-order valence-corrected chi connectivity index (χ2v) is 7.55. The number of aromatic nitrogens is 2. The van der Waals surface area contributed by atoms with Crippen LogP contribution in [0, 0.1) is 6.92 Å². The molecule has 1 aliphatic rings. The van der Waals surface area contributed by atoms with E-state index in [1.165, 1.54) is 11.3 Å². The molecule has 1 fully saturated rings. The van der Waals surface area contributed by atoms with Crippen LogP contribution in [-0.4, -0.2) is 53.8 Å². The van der Waals surface area contributed by atoms with Crippen molar-refractivity contribution in [2.75, 3.05) is 23.0 Å². The third-order valence-electron chi connectivity index (χ3n) is 2.70. The third kappa shape index (κ3) is 2.96. The number of nitrogens with zero attached hydrogens (tertiary/aromatic N) is 3. The van der Waals surface area contributed by atoms with Gasteiger partial charge in [0.2, 0.25) is 5.13 Å². The van der Waals surface area contributed by atoms with E-state index in [9.17, 15) is 13.2 Å². The van der Waals surface area contributed by atoms with Crippen LogP contribution in [0.2, 0.25) is 0 Å². The maximum atomic E-state index is 11.6. The van der Waals surface area contributed by atoms with Gasteiger partial charge in [-0.15, -0.1) is 10.2 Å². The molecule has 7 nitrogen and oxygen atoms in total. The quantitative estimate of drug-likeness (QED) is 0.831. The van der Waals surface area contributed by atoms with Crippen molar-refractivity contribution in [3.63, 3.8) is 0 Å². The van der Waals surface area contributed by atoms with Crippen LogP contribution >= 0.6 is 11.3 Å². The van der Waals surface area contributed by atoms with Crippen molar-refractivity contribution in [2.24, 2.45) is 0 Å². The van der Waals surface area contributed by atoms with E-state index in [1.54, 1.807) is 11.8 Å². The number of rotatable bonds is 3. The Morgan fingerprint density at radius 2 is 2.28 bits per heavy atom. The van der Waals surface area contributed by atoms with Gasteiger partial charge in [-0.3, -0.25) is 4.79 Å². The molecule has 0 spiro atoms. The van der Waals surface area contributed by atoms with Gasteiger partial charge in [0, 0.05) is 6.54 Å². The molecule has 2 heterocycles. The second-order valence-electron chi connectivity index (χ2n) is 4.16. The van der Waals surface area contributed by atoms with Crippen molar-refractivity contribution in [2.45, 2.75) is 19.4 Å². The first kappa shape index (κ1) is 13.2. The fourth-order valence-electron chi connectivity index (χ4n) is 1.91. The highest BCUT2D eigenvalue weighted by Crippen LogP contribution is 2.26. The fourth-order valence-corrected chi connectivity index (χ4v) is 4.22. The summed E-state index contributed by atoms with van der Waals surface area (Å²) in [5.41, 5.74) is 0. The number of sulfone groups is 1. The van der Waals surface area contributed by atoms with E-state index in [2.05, 4.69) is 10.2 Å². The molecule has 1 N–H and O–H groups in total. The molecule has 1 aromatic heterocycles. The molecular formula is C9H13N3O4S2. The predicted molar refractivity (Wildman–Crippen MR) is 66.7 cm³/mol. The summed E-state index contributed by atoms with van der Waals surface area (Å²) in [6.07, 6.45) is -0.210. The van der Waals surface area contributed by atoms with Crippen molar-refractivity contribution in [1.82, 2.24) is 10.2 Å². The first-order valence-electron chi connectivity index (χ1n) is 5.36. The van der Waals surface area contributed by atoms with Crippen LogP contribution in [0.4, 0.5) is 5.13 Å². The van der Waals surface area contributed by atoms with Gasteiger partial charge in [0.05, 0.1) is 24.0 Å². The van der Waals surface area contributed by atoms with Gasteiger partial charge in [0.1, 0.15) is 5.01 Å². The number of carboxylic acids is 1. The van der Waals surface area contributed by atoms with E-state index in [0.717, 1.165) is 5.01 Å². The number of aryl methyl sites for hydroxylation is 1. The minimum absolute atomic E-state index is 0.0295. The third-order valence-corrected chi connectivity index (χ3v) is 5.27. The van der Waals surface area contributed by atoms with E-state index in [0.29, 0.717) is 5.13 Å². The van der Waals surface area contributed by atoms with Crippen molar-refractivity contribution in [1.29, 1.82) is 0 Å². The van der Waals surface area contributed by atoms with Gasteiger partial charge in [-0.25, -0.2) is 8.42 Å². The average molecular weight is 291 g/mol. The monoisotopic (exact) mass is 291 g/mol. The van der Waals surface area contributed by atoms with E-state index >= 15 is 0 Å². The Labute approximate surface area is 108 Å². The van der Waals surface area contributed by atoms with Crippen LogP contribution in [0.25, 0.3) is 0 Å². The van der Waals surface area contributed by atoms with E-state index < -0.39 is 21.8 Å². The smallest absolute Gasteiger partial charge is 0.305 e. The highest BCUT2D eigenvalue weighted by atomic mass is 32.2. The number of carbonyl (C=O) groups is 1. The highest BCUT2D eigenvalue weighted by molar-refractivity contribution is 7.91. The molecule has 1 saturated heterocycles. The maximum absolute atomic E-state index is 11.6. The Hall–Kier alpha value is -1.22. The molecular weight excluding hydrogens is 278 g/mol. The Balaban J connectivity index is 2.24. The SMILES string of the molecule is Cc1nnc(N2CCS(=O)(=O)CC2CC(=O)O)s1. The van der Waals surface area contributed by atoms with Crippen molar-refractivity contribution in [3.05, 3.63) is 5.01 Å². The summed E-state index contributed by atoms with van der Waals surface area (Å²) >= 11 is 1.34. The maximum Gasteiger partial charge on any atom is 0.305 e. The lowest BCUT2D eigenvalue weighted by molar-refractivity contribution is -0.137. The summed E-state index contributed by atoms with van der Waals surface area (Å²) < 4.78 is 23.1. The Kier molecular flexibility index (Phi) is 3.53. The topological polar surface area (TPSA) is 100 Å². The summed E-state index contributed by atoms with van der Waals surface area (Å²) in [5.74, 6) is -1.12. The van der Waals surface area contributed by atoms with Crippen LogP contribution in [0.5, 0.6) is 0 Å². The van der Waals surface area contributed by atoms with Gasteiger partial charge in [0.15, 0.2) is 9.84 Å². The lowest BCUT2D eigenvalue weighted by Gasteiger charge is -2.33. The van der Waals surface area contributed by atoms with Crippen molar-refractivity contribution in [3.8, 4) is 0 Å². The van der Waals surface area contributed by atoms with E-state index in [-0.39, 0.29) is 24.5 Å². The zero-order chi connectivity index (χ0) is 13.3. The molecule has 0 aliphatic carbocycles. The summed E-state index contributed by atoms with van der Waals surface area (Å²) in [6, 6.07) is -0.561. The second kappa shape index (κ2) is 4.81. The molecule has 1 atom stereocenters. The zero-order valence-electron chi connectivity index (χ0n) is 9.74. The molecule has 0 aromatic carbocycles. The van der Waals surface area contributed by atoms with E-state index in [1.807, 2.05) is 0 Å². The van der Waals surface area contributed by atoms with Gasteiger partial charge in [-0.2, -0.15) is 0 Å². The fraction of sp³-hybridized carbons (Fsp3) is 0.667.